The highest BCUT2D eigenvalue weighted by atomic mass is 19.4. The highest BCUT2D eigenvalue weighted by Crippen LogP contribution is 2.25. The van der Waals surface area contributed by atoms with Gasteiger partial charge in [-0.2, -0.15) is 0 Å². The standard InChI is InChI=1S/C26H27F3N4O3/c1-18-16-24(30-10-11-33-12-14-35-15-13-33)32-23-8-5-20(17-22(18)23)31-25(34)9-4-19-2-6-21(7-3-19)36-26(27,28)29/h2-9,16-17H,10-15H2,1H3,(H,30,32)(H,31,34). The summed E-state index contributed by atoms with van der Waals surface area (Å²) in [6.45, 7) is 7.14. The molecule has 0 radical (unpaired) electrons. The lowest BCUT2D eigenvalue weighted by Gasteiger charge is -2.26. The van der Waals surface area contributed by atoms with Crippen molar-refractivity contribution >= 4 is 34.4 Å². The van der Waals surface area contributed by atoms with Crippen LogP contribution in [0.3, 0.4) is 0 Å². The van der Waals surface area contributed by atoms with Gasteiger partial charge in [-0.05, 0) is 60.5 Å². The first-order valence-electron chi connectivity index (χ1n) is 11.6. The molecule has 0 spiro atoms. The number of benzene rings is 2. The maximum absolute atomic E-state index is 12.4. The number of carbonyl (C=O) groups is 1. The molecule has 0 atom stereocenters. The van der Waals surface area contributed by atoms with E-state index in [2.05, 4.69) is 25.3 Å². The number of aromatic nitrogens is 1. The smallest absolute Gasteiger partial charge is 0.406 e. The Morgan fingerprint density at radius 1 is 1.14 bits per heavy atom. The molecule has 0 aliphatic carbocycles. The average molecular weight is 501 g/mol. The van der Waals surface area contributed by atoms with Gasteiger partial charge in [-0.1, -0.05) is 12.1 Å². The minimum absolute atomic E-state index is 0.320. The third-order valence-electron chi connectivity index (χ3n) is 5.66. The zero-order valence-corrected chi connectivity index (χ0v) is 19.8. The molecule has 1 aliphatic heterocycles. The predicted octanol–water partition coefficient (Wildman–Crippen LogP) is 4.84. The SMILES string of the molecule is Cc1cc(NCCN2CCOCC2)nc2ccc(NC(=O)C=Cc3ccc(OC(F)(F)F)cc3)cc12. The molecule has 2 N–H and O–H groups in total. The monoisotopic (exact) mass is 500 g/mol. The fraction of sp³-hybridized carbons (Fsp3) is 0.308. The number of morpholine rings is 1. The molecule has 4 rings (SSSR count). The first-order chi connectivity index (χ1) is 17.2. The number of pyridine rings is 1. The molecule has 1 fully saturated rings. The highest BCUT2D eigenvalue weighted by molar-refractivity contribution is 6.03. The lowest BCUT2D eigenvalue weighted by molar-refractivity contribution is -0.274. The van der Waals surface area contributed by atoms with Gasteiger partial charge in [0.15, 0.2) is 0 Å². The molecule has 190 valence electrons. The molecule has 1 aromatic heterocycles. The molecule has 36 heavy (non-hydrogen) atoms. The Labute approximate surface area is 206 Å². The summed E-state index contributed by atoms with van der Waals surface area (Å²) in [5.74, 6) is 0.122. The van der Waals surface area contributed by atoms with Gasteiger partial charge in [0.2, 0.25) is 5.91 Å². The van der Waals surface area contributed by atoms with E-state index in [9.17, 15) is 18.0 Å². The van der Waals surface area contributed by atoms with Crippen molar-refractivity contribution in [1.29, 1.82) is 0 Å². The zero-order valence-electron chi connectivity index (χ0n) is 19.8. The van der Waals surface area contributed by atoms with Crippen LogP contribution in [0.5, 0.6) is 5.75 Å². The van der Waals surface area contributed by atoms with Crippen molar-refractivity contribution in [3.8, 4) is 5.75 Å². The lowest BCUT2D eigenvalue weighted by Crippen LogP contribution is -2.39. The summed E-state index contributed by atoms with van der Waals surface area (Å²) < 4.78 is 46.0. The molecule has 3 aromatic rings. The highest BCUT2D eigenvalue weighted by Gasteiger charge is 2.30. The van der Waals surface area contributed by atoms with Crippen LogP contribution in [0.25, 0.3) is 17.0 Å². The fourth-order valence-corrected chi connectivity index (χ4v) is 3.87. The Kier molecular flexibility index (Phi) is 8.07. The zero-order chi connectivity index (χ0) is 25.5. The second kappa shape index (κ2) is 11.4. The molecule has 2 aromatic carbocycles. The number of amides is 1. The number of ether oxygens (including phenoxy) is 2. The number of alkyl halides is 3. The summed E-state index contributed by atoms with van der Waals surface area (Å²) in [5, 5.41) is 7.11. The van der Waals surface area contributed by atoms with Crippen LogP contribution in [0.2, 0.25) is 0 Å². The maximum Gasteiger partial charge on any atom is 0.573 e. The van der Waals surface area contributed by atoms with Crippen molar-refractivity contribution in [2.75, 3.05) is 50.0 Å². The van der Waals surface area contributed by atoms with Crippen LogP contribution in [0.4, 0.5) is 24.7 Å². The van der Waals surface area contributed by atoms with E-state index in [0.717, 1.165) is 61.7 Å². The normalized spacial score (nSPS) is 14.8. The second-order valence-electron chi connectivity index (χ2n) is 8.38. The van der Waals surface area contributed by atoms with Crippen LogP contribution in [0, 0.1) is 6.92 Å². The van der Waals surface area contributed by atoms with E-state index in [4.69, 9.17) is 4.74 Å². The van der Waals surface area contributed by atoms with Gasteiger partial charge in [-0.3, -0.25) is 9.69 Å². The van der Waals surface area contributed by atoms with Crippen molar-refractivity contribution in [3.05, 3.63) is 65.7 Å². The number of hydrogen-bond donors (Lipinski definition) is 2. The number of rotatable bonds is 8. The number of nitrogens with one attached hydrogen (secondary N) is 2. The van der Waals surface area contributed by atoms with Crippen molar-refractivity contribution in [1.82, 2.24) is 9.88 Å². The quantitative estimate of drug-likeness (QED) is 0.432. The van der Waals surface area contributed by atoms with Gasteiger partial charge < -0.3 is 20.1 Å². The van der Waals surface area contributed by atoms with E-state index in [0.29, 0.717) is 11.3 Å². The summed E-state index contributed by atoms with van der Waals surface area (Å²) in [5.41, 5.74) is 3.02. The molecule has 1 aliphatic rings. The van der Waals surface area contributed by atoms with Crippen molar-refractivity contribution in [2.45, 2.75) is 13.3 Å². The summed E-state index contributed by atoms with van der Waals surface area (Å²) in [7, 11) is 0. The Morgan fingerprint density at radius 2 is 1.89 bits per heavy atom. The predicted molar refractivity (Wildman–Crippen MR) is 133 cm³/mol. The van der Waals surface area contributed by atoms with Crippen molar-refractivity contribution in [3.63, 3.8) is 0 Å². The molecular weight excluding hydrogens is 473 g/mol. The summed E-state index contributed by atoms with van der Waals surface area (Å²) in [6.07, 6.45) is -1.92. The van der Waals surface area contributed by atoms with Crippen molar-refractivity contribution < 1.29 is 27.4 Å². The van der Waals surface area contributed by atoms with Crippen molar-refractivity contribution in [2.24, 2.45) is 0 Å². The van der Waals surface area contributed by atoms with Crippen LogP contribution in [-0.4, -0.2) is 61.5 Å². The summed E-state index contributed by atoms with van der Waals surface area (Å²) >= 11 is 0. The number of anilines is 2. The van der Waals surface area contributed by atoms with Gasteiger partial charge in [0, 0.05) is 43.3 Å². The van der Waals surface area contributed by atoms with Crippen LogP contribution < -0.4 is 15.4 Å². The van der Waals surface area contributed by atoms with Gasteiger partial charge in [-0.15, -0.1) is 13.2 Å². The van der Waals surface area contributed by atoms with E-state index >= 15 is 0 Å². The van der Waals surface area contributed by atoms with Crippen LogP contribution in [-0.2, 0) is 9.53 Å². The van der Waals surface area contributed by atoms with E-state index in [1.165, 1.54) is 36.4 Å². The Balaban J connectivity index is 1.34. The van der Waals surface area contributed by atoms with E-state index in [1.807, 2.05) is 25.1 Å². The second-order valence-corrected chi connectivity index (χ2v) is 8.38. The van der Waals surface area contributed by atoms with Crippen LogP contribution >= 0.6 is 0 Å². The van der Waals surface area contributed by atoms with Crippen LogP contribution in [0.1, 0.15) is 11.1 Å². The molecule has 0 unspecified atom stereocenters. The summed E-state index contributed by atoms with van der Waals surface area (Å²) in [6, 6.07) is 12.7. The molecule has 0 bridgehead atoms. The first kappa shape index (κ1) is 25.5. The number of carbonyl (C=O) groups excluding carboxylic acids is 1. The Morgan fingerprint density at radius 3 is 2.61 bits per heavy atom. The number of aryl methyl sites for hydroxylation is 1. The Bertz CT molecular complexity index is 1220. The minimum Gasteiger partial charge on any atom is -0.406 e. The molecule has 1 saturated heterocycles. The molecule has 2 heterocycles. The summed E-state index contributed by atoms with van der Waals surface area (Å²) in [4.78, 5) is 19.4. The van der Waals surface area contributed by atoms with Gasteiger partial charge in [0.25, 0.3) is 0 Å². The number of fused-ring (bicyclic) bond motifs is 1. The fourth-order valence-electron chi connectivity index (χ4n) is 3.87. The molecule has 10 heteroatoms. The lowest BCUT2D eigenvalue weighted by atomic mass is 10.1. The van der Waals surface area contributed by atoms with E-state index < -0.39 is 6.36 Å². The first-order valence-corrected chi connectivity index (χ1v) is 11.6. The van der Waals surface area contributed by atoms with E-state index in [-0.39, 0.29) is 11.7 Å². The average Bonchev–Trinajstić information content (AvgIpc) is 2.84. The number of nitrogens with zero attached hydrogens (tertiary/aromatic N) is 2. The largest absolute Gasteiger partial charge is 0.573 e. The number of halogens is 3. The van der Waals surface area contributed by atoms with Crippen LogP contribution in [0.15, 0.2) is 54.6 Å². The molecule has 0 saturated carbocycles. The molecule has 7 nitrogen and oxygen atoms in total. The molecular formula is C26H27F3N4O3. The topological polar surface area (TPSA) is 75.7 Å². The Hall–Kier alpha value is -3.63. The van der Waals surface area contributed by atoms with Gasteiger partial charge in [0.1, 0.15) is 11.6 Å². The number of hydrogen-bond acceptors (Lipinski definition) is 6. The minimum atomic E-state index is -4.74. The third-order valence-corrected chi connectivity index (χ3v) is 5.66. The van der Waals surface area contributed by atoms with E-state index in [1.54, 1.807) is 6.07 Å². The van der Waals surface area contributed by atoms with Gasteiger partial charge >= 0.3 is 6.36 Å². The maximum atomic E-state index is 12.4. The van der Waals surface area contributed by atoms with Gasteiger partial charge in [0.05, 0.1) is 18.7 Å². The molecule has 1 amide bonds. The van der Waals surface area contributed by atoms with Gasteiger partial charge in [-0.25, -0.2) is 4.98 Å². The third kappa shape index (κ3) is 7.43.